The second kappa shape index (κ2) is 11.1. The van der Waals surface area contributed by atoms with Crippen molar-refractivity contribution in [2.45, 2.75) is 64.0 Å². The number of likely N-dealkylation sites (N-methyl/N-ethyl adjacent to an activating group) is 1. The van der Waals surface area contributed by atoms with Crippen molar-refractivity contribution in [3.8, 4) is 0 Å². The lowest BCUT2D eigenvalue weighted by atomic mass is 9.81. The highest BCUT2D eigenvalue weighted by Crippen LogP contribution is 2.34. The van der Waals surface area contributed by atoms with E-state index in [0.717, 1.165) is 42.6 Å². The van der Waals surface area contributed by atoms with E-state index >= 15 is 0 Å². The maximum absolute atomic E-state index is 13.8. The standard InChI is InChI=1S/C27H34FN5O3/c1-3-22(18-8-5-4-6-9-18)31-27(36)33-24(26(35)32(2)20-11-7-10-19(28)16-20)21(25(33)34)14-17-12-13-30-23(29)15-17/h7,10-13,15-16,18,21-22,24H,3-6,8-9,14H2,1-2H3,(H2,29,30)(H,31,36)/t21?,22-,24+/m1/s1. The topological polar surface area (TPSA) is 109 Å². The van der Waals surface area contributed by atoms with Gasteiger partial charge in [0.05, 0.1) is 5.92 Å². The van der Waals surface area contributed by atoms with Crippen LogP contribution in [0.3, 0.4) is 0 Å². The summed E-state index contributed by atoms with van der Waals surface area (Å²) < 4.78 is 13.8. The van der Waals surface area contributed by atoms with Gasteiger partial charge in [-0.2, -0.15) is 0 Å². The Morgan fingerprint density at radius 3 is 2.64 bits per heavy atom. The number of aromatic nitrogens is 1. The molecule has 192 valence electrons. The maximum atomic E-state index is 13.8. The summed E-state index contributed by atoms with van der Waals surface area (Å²) in [6.07, 6.45) is 8.10. The van der Waals surface area contributed by atoms with E-state index < -0.39 is 35.6 Å². The average Bonchev–Trinajstić information content (AvgIpc) is 2.88. The number of pyridine rings is 1. The molecule has 3 atom stereocenters. The van der Waals surface area contributed by atoms with Gasteiger partial charge in [0.15, 0.2) is 0 Å². The molecule has 1 aliphatic heterocycles. The van der Waals surface area contributed by atoms with Crippen molar-refractivity contribution in [3.63, 3.8) is 0 Å². The summed E-state index contributed by atoms with van der Waals surface area (Å²) in [5.74, 6) is -1.40. The zero-order valence-corrected chi connectivity index (χ0v) is 20.8. The molecule has 0 spiro atoms. The molecule has 3 N–H and O–H groups in total. The Labute approximate surface area is 211 Å². The molecule has 0 radical (unpaired) electrons. The minimum atomic E-state index is -1.01. The number of β-lactam (4-membered cyclic amide) rings is 1. The molecule has 1 saturated carbocycles. The van der Waals surface area contributed by atoms with Gasteiger partial charge in [0.25, 0.3) is 5.91 Å². The molecule has 4 rings (SSSR count). The van der Waals surface area contributed by atoms with Crippen molar-refractivity contribution in [1.82, 2.24) is 15.2 Å². The number of nitrogen functional groups attached to an aromatic ring is 1. The van der Waals surface area contributed by atoms with Gasteiger partial charge in [0.2, 0.25) is 5.91 Å². The van der Waals surface area contributed by atoms with E-state index in [0.29, 0.717) is 17.4 Å². The van der Waals surface area contributed by atoms with Crippen LogP contribution < -0.4 is 16.0 Å². The van der Waals surface area contributed by atoms with Gasteiger partial charge in [0, 0.05) is 25.0 Å². The molecule has 2 aromatic rings. The van der Waals surface area contributed by atoms with Crippen LogP contribution in [-0.4, -0.2) is 46.9 Å². The molecule has 1 saturated heterocycles. The number of imide groups is 1. The third kappa shape index (κ3) is 5.34. The van der Waals surface area contributed by atoms with Gasteiger partial charge < -0.3 is 16.0 Å². The van der Waals surface area contributed by atoms with Crippen LogP contribution in [0, 0.1) is 17.7 Å². The molecule has 1 aromatic heterocycles. The monoisotopic (exact) mass is 495 g/mol. The molecule has 2 aliphatic rings. The minimum absolute atomic E-state index is 0.0543. The Bertz CT molecular complexity index is 1120. The molecule has 0 bridgehead atoms. The molecule has 1 aromatic carbocycles. The lowest BCUT2D eigenvalue weighted by Crippen LogP contribution is -2.71. The van der Waals surface area contributed by atoms with Crippen LogP contribution >= 0.6 is 0 Å². The second-order valence-electron chi connectivity index (χ2n) is 9.79. The van der Waals surface area contributed by atoms with Gasteiger partial charge in [-0.1, -0.05) is 32.3 Å². The van der Waals surface area contributed by atoms with E-state index in [2.05, 4.69) is 10.3 Å². The largest absolute Gasteiger partial charge is 0.384 e. The van der Waals surface area contributed by atoms with Crippen LogP contribution in [0.25, 0.3) is 0 Å². The highest BCUT2D eigenvalue weighted by molar-refractivity contribution is 6.12. The van der Waals surface area contributed by atoms with Gasteiger partial charge in [-0.3, -0.25) is 14.5 Å². The van der Waals surface area contributed by atoms with E-state index in [-0.39, 0.29) is 12.5 Å². The zero-order chi connectivity index (χ0) is 25.8. The fourth-order valence-corrected chi connectivity index (χ4v) is 5.46. The predicted octanol–water partition coefficient (Wildman–Crippen LogP) is 3.90. The quantitative estimate of drug-likeness (QED) is 0.567. The molecule has 1 aliphatic carbocycles. The number of rotatable bonds is 7. The maximum Gasteiger partial charge on any atom is 0.325 e. The van der Waals surface area contributed by atoms with Crippen molar-refractivity contribution in [3.05, 3.63) is 54.0 Å². The fraction of sp³-hybridized carbons (Fsp3) is 0.481. The molecule has 1 unspecified atom stereocenters. The first kappa shape index (κ1) is 25.6. The van der Waals surface area contributed by atoms with Crippen LogP contribution in [0.5, 0.6) is 0 Å². The number of halogens is 1. The Hall–Kier alpha value is -3.49. The Morgan fingerprint density at radius 2 is 1.97 bits per heavy atom. The number of hydrogen-bond acceptors (Lipinski definition) is 5. The number of carbonyl (C=O) groups is 3. The first-order valence-corrected chi connectivity index (χ1v) is 12.7. The SMILES string of the molecule is CC[C@@H](NC(=O)N1C(=O)C(Cc2ccnc(N)c2)[C@H]1C(=O)N(C)c1cccc(F)c1)C1CCCCC1. The summed E-state index contributed by atoms with van der Waals surface area (Å²) in [5.41, 5.74) is 6.89. The van der Waals surface area contributed by atoms with Gasteiger partial charge in [-0.25, -0.2) is 14.2 Å². The van der Waals surface area contributed by atoms with Crippen molar-refractivity contribution >= 4 is 29.4 Å². The summed E-state index contributed by atoms with van der Waals surface area (Å²) in [5, 5.41) is 3.04. The number of amides is 4. The zero-order valence-electron chi connectivity index (χ0n) is 20.8. The third-order valence-corrected chi connectivity index (χ3v) is 7.48. The lowest BCUT2D eigenvalue weighted by molar-refractivity contribution is -0.156. The van der Waals surface area contributed by atoms with Crippen molar-refractivity contribution in [2.24, 2.45) is 11.8 Å². The second-order valence-corrected chi connectivity index (χ2v) is 9.79. The average molecular weight is 496 g/mol. The normalized spacial score (nSPS) is 21.0. The summed E-state index contributed by atoms with van der Waals surface area (Å²) in [4.78, 5) is 46.5. The number of urea groups is 1. The van der Waals surface area contributed by atoms with E-state index in [1.165, 1.54) is 36.6 Å². The van der Waals surface area contributed by atoms with Crippen LogP contribution in [-0.2, 0) is 16.0 Å². The fourth-order valence-electron chi connectivity index (χ4n) is 5.46. The number of likely N-dealkylation sites (tertiary alicyclic amines) is 1. The van der Waals surface area contributed by atoms with Crippen LogP contribution in [0.1, 0.15) is 51.0 Å². The molecule has 36 heavy (non-hydrogen) atoms. The van der Waals surface area contributed by atoms with E-state index in [1.807, 2.05) is 6.92 Å². The van der Waals surface area contributed by atoms with Gasteiger partial charge >= 0.3 is 6.03 Å². The summed E-state index contributed by atoms with van der Waals surface area (Å²) in [6.45, 7) is 2.02. The highest BCUT2D eigenvalue weighted by atomic mass is 19.1. The van der Waals surface area contributed by atoms with E-state index in [1.54, 1.807) is 24.4 Å². The highest BCUT2D eigenvalue weighted by Gasteiger charge is 2.55. The molecule has 2 heterocycles. The smallest absolute Gasteiger partial charge is 0.325 e. The molecule has 9 heteroatoms. The summed E-state index contributed by atoms with van der Waals surface area (Å²) in [7, 11) is 1.52. The van der Waals surface area contributed by atoms with Crippen molar-refractivity contribution in [1.29, 1.82) is 0 Å². The number of nitrogens with two attached hydrogens (primary N) is 1. The first-order chi connectivity index (χ1) is 17.3. The number of hydrogen-bond donors (Lipinski definition) is 2. The molecular weight excluding hydrogens is 461 g/mol. The molecular formula is C27H34FN5O3. The van der Waals surface area contributed by atoms with Gasteiger partial charge in [-0.15, -0.1) is 0 Å². The predicted molar refractivity (Wildman–Crippen MR) is 135 cm³/mol. The number of anilines is 2. The summed E-state index contributed by atoms with van der Waals surface area (Å²) >= 11 is 0. The Kier molecular flexibility index (Phi) is 7.86. The van der Waals surface area contributed by atoms with Crippen LogP contribution in [0.15, 0.2) is 42.6 Å². The van der Waals surface area contributed by atoms with Crippen LogP contribution in [0.2, 0.25) is 0 Å². The Morgan fingerprint density at radius 1 is 1.22 bits per heavy atom. The van der Waals surface area contributed by atoms with E-state index in [4.69, 9.17) is 5.73 Å². The number of benzene rings is 1. The lowest BCUT2D eigenvalue weighted by Gasteiger charge is -2.46. The number of carbonyl (C=O) groups excluding carboxylic acids is 3. The summed E-state index contributed by atoms with van der Waals surface area (Å²) in [6, 6.07) is 7.45. The number of nitrogens with zero attached hydrogens (tertiary/aromatic N) is 3. The molecule has 4 amide bonds. The van der Waals surface area contributed by atoms with Crippen LogP contribution in [0.4, 0.5) is 20.7 Å². The van der Waals surface area contributed by atoms with E-state index in [9.17, 15) is 18.8 Å². The third-order valence-electron chi connectivity index (χ3n) is 7.48. The first-order valence-electron chi connectivity index (χ1n) is 12.7. The van der Waals surface area contributed by atoms with Crippen molar-refractivity contribution in [2.75, 3.05) is 17.7 Å². The number of nitrogens with one attached hydrogen (secondary N) is 1. The Balaban J connectivity index is 1.57. The minimum Gasteiger partial charge on any atom is -0.384 e. The van der Waals surface area contributed by atoms with Gasteiger partial charge in [-0.05, 0) is 67.5 Å². The molecule has 8 nitrogen and oxygen atoms in total. The molecule has 2 fully saturated rings. The van der Waals surface area contributed by atoms with Crippen molar-refractivity contribution < 1.29 is 18.8 Å². The van der Waals surface area contributed by atoms with Gasteiger partial charge in [0.1, 0.15) is 17.7 Å².